The smallest absolute Gasteiger partial charge is 0.222 e. The predicted molar refractivity (Wildman–Crippen MR) is 55.0 cm³/mol. The molecule has 0 aromatic carbocycles. The second kappa shape index (κ2) is 5.98. The van der Waals surface area contributed by atoms with Gasteiger partial charge < -0.3 is 15.3 Å². The summed E-state index contributed by atoms with van der Waals surface area (Å²) >= 11 is 0. The second-order valence-electron chi connectivity index (χ2n) is 3.86. The van der Waals surface area contributed by atoms with Crippen LogP contribution in [0.3, 0.4) is 0 Å². The van der Waals surface area contributed by atoms with Gasteiger partial charge in [0.25, 0.3) is 0 Å². The van der Waals surface area contributed by atoms with E-state index in [-0.39, 0.29) is 5.91 Å². The first-order valence-electron chi connectivity index (χ1n) is 5.34. The average molecular weight is 200 g/mol. The molecule has 82 valence electrons. The minimum atomic E-state index is -0.443. The van der Waals surface area contributed by atoms with Crippen molar-refractivity contribution < 1.29 is 9.90 Å². The Hall–Kier alpha value is -0.610. The first-order chi connectivity index (χ1) is 6.74. The van der Waals surface area contributed by atoms with E-state index < -0.39 is 6.10 Å². The summed E-state index contributed by atoms with van der Waals surface area (Å²) in [6.45, 7) is 1.82. The average Bonchev–Trinajstić information content (AvgIpc) is 2.33. The quantitative estimate of drug-likeness (QED) is 0.670. The van der Waals surface area contributed by atoms with Gasteiger partial charge in [-0.2, -0.15) is 0 Å². The molecule has 1 rings (SSSR count). The molecule has 1 amide bonds. The Bertz CT molecular complexity index is 185. The van der Waals surface area contributed by atoms with Gasteiger partial charge >= 0.3 is 0 Å². The Labute approximate surface area is 85.3 Å². The highest BCUT2D eigenvalue weighted by Gasteiger charge is 2.18. The molecule has 4 heteroatoms. The van der Waals surface area contributed by atoms with Crippen LogP contribution in [0, 0.1) is 0 Å². The number of rotatable bonds is 4. The second-order valence-corrected chi connectivity index (χ2v) is 3.86. The lowest BCUT2D eigenvalue weighted by Gasteiger charge is -2.23. The maximum atomic E-state index is 11.5. The monoisotopic (exact) mass is 200 g/mol. The Morgan fingerprint density at radius 2 is 2.29 bits per heavy atom. The Morgan fingerprint density at radius 3 is 3.00 bits per heavy atom. The van der Waals surface area contributed by atoms with Crippen molar-refractivity contribution >= 4 is 5.91 Å². The van der Waals surface area contributed by atoms with E-state index in [4.69, 9.17) is 0 Å². The first kappa shape index (κ1) is 11.5. The van der Waals surface area contributed by atoms with Crippen LogP contribution in [0.4, 0.5) is 0 Å². The van der Waals surface area contributed by atoms with E-state index in [1.54, 1.807) is 11.9 Å². The Kier molecular flexibility index (Phi) is 4.90. The van der Waals surface area contributed by atoms with Crippen LogP contribution in [0.1, 0.15) is 25.7 Å². The number of nitrogens with one attached hydrogen (secondary N) is 1. The minimum Gasteiger partial charge on any atom is -0.390 e. The van der Waals surface area contributed by atoms with Gasteiger partial charge in [0.05, 0.1) is 6.10 Å². The zero-order chi connectivity index (χ0) is 10.4. The van der Waals surface area contributed by atoms with Crippen LogP contribution in [-0.2, 0) is 4.79 Å². The van der Waals surface area contributed by atoms with Crippen molar-refractivity contribution in [2.24, 2.45) is 0 Å². The third kappa shape index (κ3) is 3.64. The van der Waals surface area contributed by atoms with Gasteiger partial charge in [-0.05, 0) is 19.9 Å². The van der Waals surface area contributed by atoms with Crippen LogP contribution in [0.5, 0.6) is 0 Å². The lowest BCUT2D eigenvalue weighted by molar-refractivity contribution is -0.132. The SMILES string of the molecule is CNCC(O)CN1CCCCCC1=O. The number of amides is 1. The molecule has 4 nitrogen and oxygen atoms in total. The molecule has 1 atom stereocenters. The zero-order valence-corrected chi connectivity index (χ0v) is 8.83. The number of β-amino-alcohol motifs (C(OH)–C–C–N with tert-alkyl or cyclic N) is 1. The molecule has 1 aliphatic rings. The summed E-state index contributed by atoms with van der Waals surface area (Å²) in [4.78, 5) is 13.3. The predicted octanol–water partition coefficient (Wildman–Crippen LogP) is -0.0307. The van der Waals surface area contributed by atoms with Gasteiger partial charge in [-0.25, -0.2) is 0 Å². The maximum Gasteiger partial charge on any atom is 0.222 e. The molecular weight excluding hydrogens is 180 g/mol. The summed E-state index contributed by atoms with van der Waals surface area (Å²) in [5.41, 5.74) is 0. The highest BCUT2D eigenvalue weighted by Crippen LogP contribution is 2.11. The molecule has 2 N–H and O–H groups in total. The van der Waals surface area contributed by atoms with Crippen LogP contribution in [-0.4, -0.2) is 48.7 Å². The molecule has 0 radical (unpaired) electrons. The van der Waals surface area contributed by atoms with Crippen LogP contribution >= 0.6 is 0 Å². The minimum absolute atomic E-state index is 0.192. The van der Waals surface area contributed by atoms with Crippen molar-refractivity contribution in [3.05, 3.63) is 0 Å². The van der Waals surface area contributed by atoms with E-state index in [2.05, 4.69) is 5.32 Å². The summed E-state index contributed by atoms with van der Waals surface area (Å²) < 4.78 is 0. The molecule has 1 fully saturated rings. The van der Waals surface area contributed by atoms with E-state index >= 15 is 0 Å². The first-order valence-corrected chi connectivity index (χ1v) is 5.34. The number of likely N-dealkylation sites (N-methyl/N-ethyl adjacent to an activating group) is 1. The molecular formula is C10H20N2O2. The van der Waals surface area contributed by atoms with E-state index in [0.717, 1.165) is 25.8 Å². The van der Waals surface area contributed by atoms with Gasteiger partial charge in [0.1, 0.15) is 0 Å². The van der Waals surface area contributed by atoms with E-state index in [9.17, 15) is 9.90 Å². The molecule has 1 unspecified atom stereocenters. The Balaban J connectivity index is 2.36. The van der Waals surface area contributed by atoms with E-state index in [1.165, 1.54) is 0 Å². The van der Waals surface area contributed by atoms with Gasteiger partial charge in [-0.15, -0.1) is 0 Å². The van der Waals surface area contributed by atoms with Crippen LogP contribution < -0.4 is 5.32 Å². The van der Waals surface area contributed by atoms with E-state index in [1.807, 2.05) is 0 Å². The zero-order valence-electron chi connectivity index (χ0n) is 8.83. The van der Waals surface area contributed by atoms with Crippen molar-refractivity contribution in [1.29, 1.82) is 0 Å². The number of nitrogens with zero attached hydrogens (tertiary/aromatic N) is 1. The van der Waals surface area contributed by atoms with Crippen molar-refractivity contribution in [3.63, 3.8) is 0 Å². The molecule has 14 heavy (non-hydrogen) atoms. The van der Waals surface area contributed by atoms with Gasteiger partial charge in [0, 0.05) is 26.1 Å². The lowest BCUT2D eigenvalue weighted by atomic mass is 10.2. The maximum absolute atomic E-state index is 11.5. The van der Waals surface area contributed by atoms with Gasteiger partial charge in [-0.3, -0.25) is 4.79 Å². The molecule has 1 heterocycles. The topological polar surface area (TPSA) is 52.6 Å². The largest absolute Gasteiger partial charge is 0.390 e. The van der Waals surface area contributed by atoms with Gasteiger partial charge in [0.2, 0.25) is 5.91 Å². The lowest BCUT2D eigenvalue weighted by Crippen LogP contribution is -2.40. The van der Waals surface area contributed by atoms with Crippen molar-refractivity contribution in [2.75, 3.05) is 26.7 Å². The summed E-state index contributed by atoms with van der Waals surface area (Å²) in [5.74, 6) is 0.192. The van der Waals surface area contributed by atoms with Gasteiger partial charge in [-0.1, -0.05) is 6.42 Å². The third-order valence-corrected chi connectivity index (χ3v) is 2.54. The summed E-state index contributed by atoms with van der Waals surface area (Å²) in [7, 11) is 1.80. The van der Waals surface area contributed by atoms with E-state index in [0.29, 0.717) is 19.5 Å². The number of carbonyl (C=O) groups excluding carboxylic acids is 1. The molecule has 0 bridgehead atoms. The molecule has 0 aliphatic carbocycles. The molecule has 1 aliphatic heterocycles. The number of aliphatic hydroxyl groups excluding tert-OH is 1. The van der Waals surface area contributed by atoms with Crippen LogP contribution in [0.25, 0.3) is 0 Å². The standard InChI is InChI=1S/C10H20N2O2/c1-11-7-9(13)8-12-6-4-2-3-5-10(12)14/h9,11,13H,2-8H2,1H3. The van der Waals surface area contributed by atoms with Crippen LogP contribution in [0.2, 0.25) is 0 Å². The number of hydrogen-bond acceptors (Lipinski definition) is 3. The molecule has 0 saturated carbocycles. The van der Waals surface area contributed by atoms with Crippen molar-refractivity contribution in [3.8, 4) is 0 Å². The fourth-order valence-corrected chi connectivity index (χ4v) is 1.79. The number of likely N-dealkylation sites (tertiary alicyclic amines) is 1. The highest BCUT2D eigenvalue weighted by molar-refractivity contribution is 5.76. The molecule has 1 saturated heterocycles. The number of aliphatic hydroxyl groups is 1. The fraction of sp³-hybridized carbons (Fsp3) is 0.900. The normalized spacial score (nSPS) is 20.7. The Morgan fingerprint density at radius 1 is 1.50 bits per heavy atom. The summed E-state index contributed by atoms with van der Waals surface area (Å²) in [5, 5.41) is 12.5. The molecule has 0 spiro atoms. The van der Waals surface area contributed by atoms with Crippen molar-refractivity contribution in [2.45, 2.75) is 31.8 Å². The molecule has 0 aromatic rings. The summed E-state index contributed by atoms with van der Waals surface area (Å²) in [6.07, 6.45) is 3.40. The van der Waals surface area contributed by atoms with Crippen LogP contribution in [0.15, 0.2) is 0 Å². The summed E-state index contributed by atoms with van der Waals surface area (Å²) in [6, 6.07) is 0. The third-order valence-electron chi connectivity index (χ3n) is 2.54. The number of carbonyl (C=O) groups is 1. The molecule has 0 aromatic heterocycles. The highest BCUT2D eigenvalue weighted by atomic mass is 16.3. The fourth-order valence-electron chi connectivity index (χ4n) is 1.79. The van der Waals surface area contributed by atoms with Gasteiger partial charge in [0.15, 0.2) is 0 Å². The van der Waals surface area contributed by atoms with Crippen molar-refractivity contribution in [1.82, 2.24) is 10.2 Å². The number of hydrogen-bond donors (Lipinski definition) is 2.